The molecular formula is C27H27N3O4. The molecule has 174 valence electrons. The van der Waals surface area contributed by atoms with Crippen LogP contribution in [0.1, 0.15) is 17.0 Å². The molecule has 4 aromatic rings. The number of anilines is 1. The van der Waals surface area contributed by atoms with Gasteiger partial charge in [0.25, 0.3) is 0 Å². The molecule has 3 aromatic carbocycles. The first-order valence-electron chi connectivity index (χ1n) is 11.1. The molecule has 34 heavy (non-hydrogen) atoms. The van der Waals surface area contributed by atoms with Crippen molar-refractivity contribution in [3.05, 3.63) is 95.8 Å². The van der Waals surface area contributed by atoms with Gasteiger partial charge in [-0.2, -0.15) is 0 Å². The molecule has 0 aliphatic carbocycles. The Morgan fingerprint density at radius 3 is 2.18 bits per heavy atom. The fraction of sp³-hybridized carbons (Fsp3) is 0.222. The molecule has 1 heterocycles. The van der Waals surface area contributed by atoms with E-state index in [2.05, 4.69) is 28.1 Å². The summed E-state index contributed by atoms with van der Waals surface area (Å²) in [5, 5.41) is 3.43. The number of benzene rings is 3. The maximum absolute atomic E-state index is 11.9. The second-order valence-electron chi connectivity index (χ2n) is 7.94. The lowest BCUT2D eigenvalue weighted by Gasteiger charge is -2.13. The zero-order chi connectivity index (χ0) is 23.9. The van der Waals surface area contributed by atoms with Crippen molar-refractivity contribution < 1.29 is 19.1 Å². The Hall–Kier alpha value is -4.13. The summed E-state index contributed by atoms with van der Waals surface area (Å²) >= 11 is 0. The fourth-order valence-corrected chi connectivity index (χ4v) is 3.93. The van der Waals surface area contributed by atoms with Crippen LogP contribution >= 0.6 is 0 Å². The Balaban J connectivity index is 1.48. The molecule has 4 rings (SSSR count). The van der Waals surface area contributed by atoms with E-state index in [-0.39, 0.29) is 6.42 Å². The summed E-state index contributed by atoms with van der Waals surface area (Å²) in [4.78, 5) is 28.7. The molecule has 0 unspecified atom stereocenters. The number of nitrogens with one attached hydrogen (secondary N) is 1. The quantitative estimate of drug-likeness (QED) is 0.300. The molecule has 7 nitrogen and oxygen atoms in total. The molecule has 7 heteroatoms. The lowest BCUT2D eigenvalue weighted by Crippen LogP contribution is -2.28. The van der Waals surface area contributed by atoms with Gasteiger partial charge in [0.15, 0.2) is 5.92 Å². The molecule has 0 aliphatic heterocycles. The summed E-state index contributed by atoms with van der Waals surface area (Å²) in [7, 11) is 2.52. The third-order valence-electron chi connectivity index (χ3n) is 5.73. The van der Waals surface area contributed by atoms with Gasteiger partial charge in [0.2, 0.25) is 0 Å². The fourth-order valence-electron chi connectivity index (χ4n) is 3.93. The van der Waals surface area contributed by atoms with Crippen LogP contribution in [0.3, 0.4) is 0 Å². The van der Waals surface area contributed by atoms with Gasteiger partial charge in [-0.25, -0.2) is 4.98 Å². The number of esters is 2. The zero-order valence-electron chi connectivity index (χ0n) is 19.2. The van der Waals surface area contributed by atoms with E-state index >= 15 is 0 Å². The Kier molecular flexibility index (Phi) is 7.22. The molecule has 0 spiro atoms. The largest absolute Gasteiger partial charge is 0.468 e. The van der Waals surface area contributed by atoms with E-state index in [0.29, 0.717) is 6.54 Å². The van der Waals surface area contributed by atoms with E-state index in [1.165, 1.54) is 19.8 Å². The molecular weight excluding hydrogens is 430 g/mol. The van der Waals surface area contributed by atoms with Crippen molar-refractivity contribution in [1.29, 1.82) is 0 Å². The number of fused-ring (bicyclic) bond motifs is 1. The summed E-state index contributed by atoms with van der Waals surface area (Å²) in [5.41, 5.74) is 5.01. The predicted molar refractivity (Wildman–Crippen MR) is 130 cm³/mol. The van der Waals surface area contributed by atoms with E-state index in [0.717, 1.165) is 34.7 Å². The molecule has 0 radical (unpaired) electrons. The minimum Gasteiger partial charge on any atom is -0.468 e. The summed E-state index contributed by atoms with van der Waals surface area (Å²) < 4.78 is 11.7. The second-order valence-corrected chi connectivity index (χ2v) is 7.94. The highest BCUT2D eigenvalue weighted by Crippen LogP contribution is 2.20. The maximum Gasteiger partial charge on any atom is 0.320 e. The lowest BCUT2D eigenvalue weighted by molar-refractivity contribution is -0.158. The number of hydrogen-bond acceptors (Lipinski definition) is 6. The highest BCUT2D eigenvalue weighted by Gasteiger charge is 2.28. The van der Waals surface area contributed by atoms with Gasteiger partial charge in [-0.3, -0.25) is 9.59 Å². The average molecular weight is 458 g/mol. The molecule has 1 N–H and O–H groups in total. The second kappa shape index (κ2) is 10.7. The maximum atomic E-state index is 11.9. The normalized spacial score (nSPS) is 10.9. The summed E-state index contributed by atoms with van der Waals surface area (Å²) in [6.45, 7) is 1.29. The molecule has 0 amide bonds. The summed E-state index contributed by atoms with van der Waals surface area (Å²) in [5.74, 6) is -1.25. The topological polar surface area (TPSA) is 82.5 Å². The standard InChI is InChI=1S/C27H27N3O4/c1-33-26(31)22(27(32)34-2)16-19-12-14-21(15-13-19)28-17-25-29-23-10-6-7-11-24(23)30(25)18-20-8-4-3-5-9-20/h3-15,22,28H,16-18H2,1-2H3. The van der Waals surface area contributed by atoms with Gasteiger partial charge >= 0.3 is 11.9 Å². The number of aromatic nitrogens is 2. The van der Waals surface area contributed by atoms with Crippen molar-refractivity contribution in [1.82, 2.24) is 9.55 Å². The number of carbonyl (C=O) groups excluding carboxylic acids is 2. The van der Waals surface area contributed by atoms with E-state index in [1.54, 1.807) is 0 Å². The number of hydrogen-bond donors (Lipinski definition) is 1. The Labute approximate surface area is 198 Å². The van der Waals surface area contributed by atoms with Crippen LogP contribution in [0.5, 0.6) is 0 Å². The van der Waals surface area contributed by atoms with Gasteiger partial charge < -0.3 is 19.4 Å². The van der Waals surface area contributed by atoms with Gasteiger partial charge in [0.1, 0.15) is 5.82 Å². The van der Waals surface area contributed by atoms with Crippen LogP contribution in [-0.2, 0) is 38.6 Å². The van der Waals surface area contributed by atoms with Crippen LogP contribution in [0.25, 0.3) is 11.0 Å². The van der Waals surface area contributed by atoms with Crippen molar-refractivity contribution in [2.45, 2.75) is 19.5 Å². The SMILES string of the molecule is COC(=O)C(Cc1ccc(NCc2nc3ccccc3n2Cc2ccccc2)cc1)C(=O)OC. The molecule has 0 fully saturated rings. The molecule has 0 bridgehead atoms. The van der Waals surface area contributed by atoms with E-state index in [4.69, 9.17) is 14.5 Å². The Morgan fingerprint density at radius 2 is 1.50 bits per heavy atom. The Bertz CT molecular complexity index is 1250. The number of rotatable bonds is 9. The first-order valence-corrected chi connectivity index (χ1v) is 11.1. The van der Waals surface area contributed by atoms with Crippen LogP contribution in [0.4, 0.5) is 5.69 Å². The van der Waals surface area contributed by atoms with Crippen LogP contribution in [0.2, 0.25) is 0 Å². The molecule has 0 saturated heterocycles. The number of nitrogens with zero attached hydrogens (tertiary/aromatic N) is 2. The average Bonchev–Trinajstić information content (AvgIpc) is 3.23. The van der Waals surface area contributed by atoms with Gasteiger partial charge in [-0.15, -0.1) is 0 Å². The number of carbonyl (C=O) groups is 2. The highest BCUT2D eigenvalue weighted by molar-refractivity contribution is 5.95. The van der Waals surface area contributed by atoms with Crippen molar-refractivity contribution >= 4 is 28.7 Å². The van der Waals surface area contributed by atoms with Crippen molar-refractivity contribution in [2.75, 3.05) is 19.5 Å². The summed E-state index contributed by atoms with van der Waals surface area (Å²) in [6, 6.07) is 26.1. The number of imidazole rings is 1. The number of para-hydroxylation sites is 2. The summed E-state index contributed by atoms with van der Waals surface area (Å²) in [6.07, 6.45) is 0.215. The number of methoxy groups -OCH3 is 2. The third-order valence-corrected chi connectivity index (χ3v) is 5.73. The lowest BCUT2D eigenvalue weighted by atomic mass is 9.99. The van der Waals surface area contributed by atoms with Gasteiger partial charge in [-0.05, 0) is 41.8 Å². The molecule has 0 atom stereocenters. The van der Waals surface area contributed by atoms with Gasteiger partial charge in [-0.1, -0.05) is 54.6 Å². The van der Waals surface area contributed by atoms with E-state index in [1.807, 2.05) is 60.7 Å². The van der Waals surface area contributed by atoms with Gasteiger partial charge in [0.05, 0.1) is 31.8 Å². The van der Waals surface area contributed by atoms with E-state index < -0.39 is 17.9 Å². The van der Waals surface area contributed by atoms with Crippen molar-refractivity contribution in [3.63, 3.8) is 0 Å². The molecule has 0 aliphatic rings. The van der Waals surface area contributed by atoms with Crippen LogP contribution in [-0.4, -0.2) is 35.7 Å². The monoisotopic (exact) mass is 457 g/mol. The van der Waals surface area contributed by atoms with Crippen LogP contribution in [0, 0.1) is 5.92 Å². The Morgan fingerprint density at radius 1 is 0.853 bits per heavy atom. The first-order chi connectivity index (χ1) is 16.6. The minimum absolute atomic E-state index is 0.215. The number of ether oxygens (including phenoxy) is 2. The minimum atomic E-state index is -0.980. The predicted octanol–water partition coefficient (Wildman–Crippen LogP) is 4.20. The molecule has 1 aromatic heterocycles. The highest BCUT2D eigenvalue weighted by atomic mass is 16.5. The van der Waals surface area contributed by atoms with Gasteiger partial charge in [0, 0.05) is 12.2 Å². The van der Waals surface area contributed by atoms with Crippen LogP contribution < -0.4 is 5.32 Å². The van der Waals surface area contributed by atoms with Crippen molar-refractivity contribution in [2.24, 2.45) is 5.92 Å². The first kappa shape index (κ1) is 23.0. The van der Waals surface area contributed by atoms with Crippen molar-refractivity contribution in [3.8, 4) is 0 Å². The zero-order valence-corrected chi connectivity index (χ0v) is 19.2. The van der Waals surface area contributed by atoms with E-state index in [9.17, 15) is 9.59 Å². The van der Waals surface area contributed by atoms with Crippen LogP contribution in [0.15, 0.2) is 78.9 Å². The molecule has 0 saturated carbocycles. The third kappa shape index (κ3) is 5.26. The smallest absolute Gasteiger partial charge is 0.320 e.